The van der Waals surface area contributed by atoms with Crippen molar-refractivity contribution in [2.24, 2.45) is 5.92 Å². The zero-order valence-electron chi connectivity index (χ0n) is 18.7. The highest BCUT2D eigenvalue weighted by molar-refractivity contribution is 5.96. The number of halogens is 6. The summed E-state index contributed by atoms with van der Waals surface area (Å²) in [5, 5.41) is 10.2. The van der Waals surface area contributed by atoms with Crippen molar-refractivity contribution in [3.63, 3.8) is 0 Å². The van der Waals surface area contributed by atoms with Crippen molar-refractivity contribution in [1.82, 2.24) is 9.88 Å². The van der Waals surface area contributed by atoms with E-state index in [1.54, 1.807) is 13.8 Å². The molecule has 0 bridgehead atoms. The molecule has 1 aliphatic rings. The third-order valence-corrected chi connectivity index (χ3v) is 5.85. The van der Waals surface area contributed by atoms with Gasteiger partial charge in [0.25, 0.3) is 5.91 Å². The number of nitrogens with zero attached hydrogens (tertiary/aromatic N) is 2. The highest BCUT2D eigenvalue weighted by Gasteiger charge is 2.56. The fourth-order valence-corrected chi connectivity index (χ4v) is 4.45. The lowest BCUT2D eigenvalue weighted by atomic mass is 9.77. The molecule has 0 unspecified atom stereocenters. The van der Waals surface area contributed by atoms with E-state index in [1.807, 2.05) is 0 Å². The van der Waals surface area contributed by atoms with Crippen LogP contribution < -0.4 is 4.74 Å². The smallest absolute Gasteiger partial charge is 0.417 e. The summed E-state index contributed by atoms with van der Waals surface area (Å²) < 4.78 is 85.0. The van der Waals surface area contributed by atoms with E-state index >= 15 is 0 Å². The van der Waals surface area contributed by atoms with Gasteiger partial charge in [-0.2, -0.15) is 26.3 Å². The van der Waals surface area contributed by atoms with Crippen LogP contribution in [0.15, 0.2) is 42.7 Å². The molecule has 12 heteroatoms. The zero-order chi connectivity index (χ0) is 26.2. The molecule has 35 heavy (non-hydrogen) atoms. The van der Waals surface area contributed by atoms with Crippen molar-refractivity contribution in [2.75, 3.05) is 6.54 Å². The largest absolute Gasteiger partial charge is 0.478 e. The topological polar surface area (TPSA) is 79.7 Å². The van der Waals surface area contributed by atoms with Gasteiger partial charge < -0.3 is 14.7 Å². The average molecular weight is 504 g/mol. The second kappa shape index (κ2) is 9.38. The Morgan fingerprint density at radius 1 is 1.09 bits per heavy atom. The Morgan fingerprint density at radius 2 is 1.71 bits per heavy atom. The first-order valence-corrected chi connectivity index (χ1v) is 10.6. The quantitative estimate of drug-likeness (QED) is 0.561. The van der Waals surface area contributed by atoms with Crippen molar-refractivity contribution < 1.29 is 45.8 Å². The first-order valence-electron chi connectivity index (χ1n) is 10.6. The van der Waals surface area contributed by atoms with Crippen LogP contribution in [0.25, 0.3) is 0 Å². The molecule has 0 radical (unpaired) electrons. The molecule has 2 aromatic rings. The number of amides is 1. The molecular formula is C23H22F6N2O4. The number of aliphatic carboxylic acids is 1. The van der Waals surface area contributed by atoms with Crippen molar-refractivity contribution in [1.29, 1.82) is 0 Å². The lowest BCUT2D eigenvalue weighted by molar-refractivity contribution is -0.168. The lowest BCUT2D eigenvalue weighted by Crippen LogP contribution is -2.67. The fraction of sp³-hybridized carbons (Fsp3) is 0.435. The summed E-state index contributed by atoms with van der Waals surface area (Å²) >= 11 is 0. The highest BCUT2D eigenvalue weighted by atomic mass is 19.4. The van der Waals surface area contributed by atoms with Gasteiger partial charge in [-0.25, -0.2) is 4.79 Å². The Bertz CT molecular complexity index is 1080. The number of ether oxygens (including phenoxy) is 1. The van der Waals surface area contributed by atoms with Gasteiger partial charge in [0.15, 0.2) is 0 Å². The van der Waals surface area contributed by atoms with Crippen molar-refractivity contribution in [3.05, 3.63) is 59.4 Å². The minimum absolute atomic E-state index is 0.0424. The van der Waals surface area contributed by atoms with E-state index in [9.17, 15) is 41.0 Å². The van der Waals surface area contributed by atoms with Crippen LogP contribution in [0.4, 0.5) is 26.3 Å². The van der Waals surface area contributed by atoms with Crippen LogP contribution in [0.3, 0.4) is 0 Å². The van der Waals surface area contributed by atoms with E-state index in [1.165, 1.54) is 0 Å². The summed E-state index contributed by atoms with van der Waals surface area (Å²) in [5.41, 5.74) is -5.02. The first kappa shape index (κ1) is 26.3. The molecular weight excluding hydrogens is 482 g/mol. The number of piperidine rings is 1. The Hall–Kier alpha value is -3.31. The minimum Gasteiger partial charge on any atom is -0.478 e. The molecule has 1 N–H and O–H groups in total. The van der Waals surface area contributed by atoms with Gasteiger partial charge in [-0.3, -0.25) is 9.78 Å². The molecule has 3 rings (SSSR count). The molecule has 1 saturated heterocycles. The van der Waals surface area contributed by atoms with E-state index in [-0.39, 0.29) is 25.1 Å². The third kappa shape index (κ3) is 5.20. The van der Waals surface area contributed by atoms with Gasteiger partial charge in [0.05, 0.1) is 22.7 Å². The normalized spacial score (nSPS) is 21.2. The van der Waals surface area contributed by atoms with E-state index < -0.39 is 58.5 Å². The maximum Gasteiger partial charge on any atom is 0.417 e. The number of carbonyl (C=O) groups is 2. The van der Waals surface area contributed by atoms with Gasteiger partial charge in [-0.15, -0.1) is 0 Å². The van der Waals surface area contributed by atoms with Crippen LogP contribution in [-0.2, 0) is 17.1 Å². The summed E-state index contributed by atoms with van der Waals surface area (Å²) in [6.45, 7) is 3.12. The van der Waals surface area contributed by atoms with E-state index in [2.05, 4.69) is 4.98 Å². The van der Waals surface area contributed by atoms with Gasteiger partial charge in [-0.1, -0.05) is 13.8 Å². The minimum atomic E-state index is -4.85. The number of benzene rings is 1. The molecule has 0 saturated carbocycles. The monoisotopic (exact) mass is 504 g/mol. The number of aromatic nitrogens is 1. The summed E-state index contributed by atoms with van der Waals surface area (Å²) in [7, 11) is 0. The number of likely N-dealkylation sites (tertiary alicyclic amines) is 1. The molecule has 1 aliphatic heterocycles. The third-order valence-electron chi connectivity index (χ3n) is 5.85. The van der Waals surface area contributed by atoms with Crippen molar-refractivity contribution in [3.8, 4) is 5.75 Å². The Balaban J connectivity index is 2.04. The van der Waals surface area contributed by atoms with Crippen LogP contribution in [0, 0.1) is 5.92 Å². The van der Waals surface area contributed by atoms with Crippen LogP contribution >= 0.6 is 0 Å². The Labute approximate surface area is 196 Å². The Morgan fingerprint density at radius 3 is 2.23 bits per heavy atom. The van der Waals surface area contributed by atoms with E-state index in [4.69, 9.17) is 4.74 Å². The molecule has 0 aliphatic carbocycles. The maximum absolute atomic E-state index is 13.5. The number of carboxylic acids is 1. The van der Waals surface area contributed by atoms with E-state index in [0.717, 1.165) is 41.6 Å². The van der Waals surface area contributed by atoms with Crippen LogP contribution in [0.2, 0.25) is 0 Å². The molecule has 1 fully saturated rings. The SMILES string of the molecule is CC(C)[C@H]1N(C(=O)c2cnccc2C(F)(F)F)CCC[C@@]1(Oc1ccc(C(F)(F)F)cc1)C(=O)O. The van der Waals surface area contributed by atoms with Crippen LogP contribution in [-0.4, -0.2) is 45.1 Å². The Kier molecular flexibility index (Phi) is 7.05. The van der Waals surface area contributed by atoms with E-state index in [0.29, 0.717) is 6.07 Å². The molecule has 2 atom stereocenters. The number of pyridine rings is 1. The highest BCUT2D eigenvalue weighted by Crippen LogP contribution is 2.40. The predicted molar refractivity (Wildman–Crippen MR) is 111 cm³/mol. The summed E-state index contributed by atoms with van der Waals surface area (Å²) in [5.74, 6) is -3.34. The zero-order valence-corrected chi connectivity index (χ0v) is 18.7. The molecule has 1 aromatic carbocycles. The number of carboxylic acid groups (broad SMARTS) is 1. The molecule has 1 aromatic heterocycles. The van der Waals surface area contributed by atoms with Gasteiger partial charge in [0.2, 0.25) is 5.60 Å². The number of carbonyl (C=O) groups excluding carboxylic acids is 1. The number of rotatable bonds is 5. The molecule has 0 spiro atoms. The molecule has 2 heterocycles. The molecule has 1 amide bonds. The van der Waals surface area contributed by atoms with Gasteiger partial charge in [0, 0.05) is 25.4 Å². The van der Waals surface area contributed by atoms with Crippen LogP contribution in [0.1, 0.15) is 48.2 Å². The van der Waals surface area contributed by atoms with Gasteiger partial charge >= 0.3 is 18.3 Å². The number of alkyl halides is 6. The first-order chi connectivity index (χ1) is 16.2. The van der Waals surface area contributed by atoms with Crippen molar-refractivity contribution in [2.45, 2.75) is 50.7 Å². The van der Waals surface area contributed by atoms with Gasteiger partial charge in [-0.05, 0) is 42.7 Å². The van der Waals surface area contributed by atoms with Gasteiger partial charge in [0.1, 0.15) is 5.75 Å². The molecule has 6 nitrogen and oxygen atoms in total. The maximum atomic E-state index is 13.5. The second-order valence-electron chi connectivity index (χ2n) is 8.53. The number of hydrogen-bond acceptors (Lipinski definition) is 4. The average Bonchev–Trinajstić information content (AvgIpc) is 2.77. The predicted octanol–water partition coefficient (Wildman–Crippen LogP) is 5.28. The van der Waals surface area contributed by atoms with Crippen LogP contribution in [0.5, 0.6) is 5.75 Å². The van der Waals surface area contributed by atoms with Crippen molar-refractivity contribution >= 4 is 11.9 Å². The second-order valence-corrected chi connectivity index (χ2v) is 8.53. The standard InChI is InChI=1S/C23H22F6N2O4/c1-13(2)18-21(20(33)34,35-15-6-4-14(5-7-15)22(24,25)26)9-3-11-31(18)19(32)16-12-30-10-8-17(16)23(27,28)29/h4-8,10,12-13,18H,3,9,11H2,1-2H3,(H,33,34)/t18-,21+/m1/s1. The summed E-state index contributed by atoms with van der Waals surface area (Å²) in [4.78, 5) is 30.5. The molecule has 190 valence electrons. The number of hydrogen-bond donors (Lipinski definition) is 1. The summed E-state index contributed by atoms with van der Waals surface area (Å²) in [6.07, 6.45) is -7.84. The lowest BCUT2D eigenvalue weighted by Gasteiger charge is -2.49. The summed E-state index contributed by atoms with van der Waals surface area (Å²) in [6, 6.07) is 2.82. The fourth-order valence-electron chi connectivity index (χ4n) is 4.45.